The van der Waals surface area contributed by atoms with Gasteiger partial charge in [0.25, 0.3) is 0 Å². The molecule has 0 bridgehead atoms. The molecule has 0 aromatic heterocycles. The molecule has 0 radical (unpaired) electrons. The SMILES string of the molecule is CC(=O)N(CCNC(=O)Cc1cccc(F)c1)c1cccc(Cl)c1Cl. The lowest BCUT2D eigenvalue weighted by atomic mass is 10.1. The minimum absolute atomic E-state index is 0.0652. The van der Waals surface area contributed by atoms with Gasteiger partial charge in [0.05, 0.1) is 22.2 Å². The molecule has 0 unspecified atom stereocenters. The van der Waals surface area contributed by atoms with Gasteiger partial charge in [-0.2, -0.15) is 0 Å². The van der Waals surface area contributed by atoms with Gasteiger partial charge in [0.2, 0.25) is 11.8 Å². The van der Waals surface area contributed by atoms with E-state index in [2.05, 4.69) is 5.32 Å². The van der Waals surface area contributed by atoms with Crippen LogP contribution in [0.25, 0.3) is 0 Å². The molecule has 0 aliphatic carbocycles. The lowest BCUT2D eigenvalue weighted by Gasteiger charge is -2.23. The van der Waals surface area contributed by atoms with Gasteiger partial charge < -0.3 is 10.2 Å². The standard InChI is InChI=1S/C18H17Cl2FN2O2/c1-12(24)23(16-7-3-6-15(19)18(16)20)9-8-22-17(25)11-13-4-2-5-14(21)10-13/h2-7,10H,8-9,11H2,1H3,(H,22,25). The Bertz CT molecular complexity index is 783. The quantitative estimate of drug-likeness (QED) is 0.824. The molecular weight excluding hydrogens is 366 g/mol. The van der Waals surface area contributed by atoms with Crippen LogP contribution < -0.4 is 10.2 Å². The number of nitrogens with one attached hydrogen (secondary N) is 1. The zero-order chi connectivity index (χ0) is 18.4. The molecule has 7 heteroatoms. The second-order valence-electron chi connectivity index (χ2n) is 5.40. The Morgan fingerprint density at radius 3 is 2.56 bits per heavy atom. The van der Waals surface area contributed by atoms with Crippen LogP contribution in [0.15, 0.2) is 42.5 Å². The largest absolute Gasteiger partial charge is 0.354 e. The molecule has 0 saturated carbocycles. The van der Waals surface area contributed by atoms with Crippen molar-refractivity contribution in [3.8, 4) is 0 Å². The second kappa shape index (κ2) is 8.83. The summed E-state index contributed by atoms with van der Waals surface area (Å²) in [5.74, 6) is -0.863. The summed E-state index contributed by atoms with van der Waals surface area (Å²) in [6, 6.07) is 10.9. The van der Waals surface area contributed by atoms with Crippen LogP contribution in [0.5, 0.6) is 0 Å². The van der Waals surface area contributed by atoms with E-state index in [-0.39, 0.29) is 42.2 Å². The lowest BCUT2D eigenvalue weighted by molar-refractivity contribution is -0.121. The molecule has 0 heterocycles. The number of amides is 2. The zero-order valence-corrected chi connectivity index (χ0v) is 15.1. The van der Waals surface area contributed by atoms with E-state index >= 15 is 0 Å². The molecule has 2 aromatic rings. The summed E-state index contributed by atoms with van der Waals surface area (Å²) in [6.45, 7) is 1.88. The number of benzene rings is 2. The van der Waals surface area contributed by atoms with Crippen LogP contribution >= 0.6 is 23.2 Å². The van der Waals surface area contributed by atoms with Crippen LogP contribution in [0.4, 0.5) is 10.1 Å². The number of rotatable bonds is 6. The predicted octanol–water partition coefficient (Wildman–Crippen LogP) is 3.84. The van der Waals surface area contributed by atoms with Crippen molar-refractivity contribution in [3.05, 3.63) is 63.9 Å². The van der Waals surface area contributed by atoms with Gasteiger partial charge >= 0.3 is 0 Å². The summed E-state index contributed by atoms with van der Waals surface area (Å²) in [6.07, 6.45) is 0.0652. The third-order valence-corrected chi connectivity index (χ3v) is 4.32. The molecule has 0 saturated heterocycles. The van der Waals surface area contributed by atoms with Crippen molar-refractivity contribution in [3.63, 3.8) is 0 Å². The minimum atomic E-state index is -0.386. The van der Waals surface area contributed by atoms with Crippen molar-refractivity contribution in [2.24, 2.45) is 0 Å². The van der Waals surface area contributed by atoms with Crippen molar-refractivity contribution < 1.29 is 14.0 Å². The van der Waals surface area contributed by atoms with Gasteiger partial charge in [-0.3, -0.25) is 9.59 Å². The number of carbonyl (C=O) groups excluding carboxylic acids is 2. The van der Waals surface area contributed by atoms with Crippen molar-refractivity contribution in [2.45, 2.75) is 13.3 Å². The molecule has 2 amide bonds. The fourth-order valence-electron chi connectivity index (χ4n) is 2.35. The maximum absolute atomic E-state index is 13.1. The zero-order valence-electron chi connectivity index (χ0n) is 13.6. The topological polar surface area (TPSA) is 49.4 Å². The van der Waals surface area contributed by atoms with Gasteiger partial charge in [0.1, 0.15) is 5.82 Å². The summed E-state index contributed by atoms with van der Waals surface area (Å²) in [4.78, 5) is 25.3. The Morgan fingerprint density at radius 1 is 1.16 bits per heavy atom. The van der Waals surface area contributed by atoms with Gasteiger partial charge in [-0.1, -0.05) is 41.4 Å². The Balaban J connectivity index is 1.94. The van der Waals surface area contributed by atoms with Crippen LogP contribution in [0, 0.1) is 5.82 Å². The highest BCUT2D eigenvalue weighted by Gasteiger charge is 2.16. The van der Waals surface area contributed by atoms with Crippen molar-refractivity contribution in [2.75, 3.05) is 18.0 Å². The molecule has 4 nitrogen and oxygen atoms in total. The van der Waals surface area contributed by atoms with Crippen LogP contribution in [-0.4, -0.2) is 24.9 Å². The molecule has 0 fully saturated rings. The first-order valence-electron chi connectivity index (χ1n) is 7.61. The van der Waals surface area contributed by atoms with Crippen molar-refractivity contribution in [1.29, 1.82) is 0 Å². The monoisotopic (exact) mass is 382 g/mol. The Morgan fingerprint density at radius 2 is 1.88 bits per heavy atom. The summed E-state index contributed by atoms with van der Waals surface area (Å²) in [5.41, 5.74) is 1.07. The highest BCUT2D eigenvalue weighted by molar-refractivity contribution is 6.44. The van der Waals surface area contributed by atoms with Crippen LogP contribution in [0.1, 0.15) is 12.5 Å². The maximum Gasteiger partial charge on any atom is 0.224 e. The van der Waals surface area contributed by atoms with E-state index in [9.17, 15) is 14.0 Å². The first-order chi connectivity index (χ1) is 11.9. The molecular formula is C18H17Cl2FN2O2. The number of halogens is 3. The summed E-state index contributed by atoms with van der Waals surface area (Å²) in [7, 11) is 0. The van der Waals surface area contributed by atoms with Gasteiger partial charge in [0.15, 0.2) is 0 Å². The van der Waals surface area contributed by atoms with Gasteiger partial charge in [-0.05, 0) is 29.8 Å². The fraction of sp³-hybridized carbons (Fsp3) is 0.222. The van der Waals surface area contributed by atoms with E-state index < -0.39 is 0 Å². The third kappa shape index (κ3) is 5.44. The summed E-state index contributed by atoms with van der Waals surface area (Å²) >= 11 is 12.1. The number of carbonyl (C=O) groups is 2. The average Bonchev–Trinajstić information content (AvgIpc) is 2.54. The number of nitrogens with zero attached hydrogens (tertiary/aromatic N) is 1. The Kier molecular flexibility index (Phi) is 6.79. The van der Waals surface area contributed by atoms with Crippen molar-refractivity contribution >= 4 is 40.7 Å². The van der Waals surface area contributed by atoms with E-state index in [1.165, 1.54) is 24.0 Å². The van der Waals surface area contributed by atoms with E-state index in [0.29, 0.717) is 16.3 Å². The van der Waals surface area contributed by atoms with E-state index in [1.807, 2.05) is 0 Å². The molecule has 2 rings (SSSR count). The first kappa shape index (κ1) is 19.2. The maximum atomic E-state index is 13.1. The van der Waals surface area contributed by atoms with Crippen LogP contribution in [0.2, 0.25) is 10.0 Å². The molecule has 2 aromatic carbocycles. The highest BCUT2D eigenvalue weighted by Crippen LogP contribution is 2.32. The number of hydrogen-bond acceptors (Lipinski definition) is 2. The molecule has 1 N–H and O–H groups in total. The Hall–Kier alpha value is -2.11. The van der Waals surface area contributed by atoms with E-state index in [4.69, 9.17) is 23.2 Å². The van der Waals surface area contributed by atoms with E-state index in [1.54, 1.807) is 30.3 Å². The lowest BCUT2D eigenvalue weighted by Crippen LogP contribution is -2.38. The van der Waals surface area contributed by atoms with E-state index in [0.717, 1.165) is 0 Å². The summed E-state index contributed by atoms with van der Waals surface area (Å²) < 4.78 is 13.1. The van der Waals surface area contributed by atoms with Gasteiger partial charge in [-0.25, -0.2) is 4.39 Å². The van der Waals surface area contributed by atoms with Gasteiger partial charge in [0, 0.05) is 20.0 Å². The molecule has 132 valence electrons. The first-order valence-corrected chi connectivity index (χ1v) is 8.37. The highest BCUT2D eigenvalue weighted by atomic mass is 35.5. The number of hydrogen-bond donors (Lipinski definition) is 1. The molecule has 0 aliphatic rings. The molecule has 0 atom stereocenters. The van der Waals surface area contributed by atoms with Gasteiger partial charge in [-0.15, -0.1) is 0 Å². The Labute approximate surface area is 155 Å². The van der Waals surface area contributed by atoms with Crippen LogP contribution in [-0.2, 0) is 16.0 Å². The molecule has 0 aliphatic heterocycles. The molecule has 0 spiro atoms. The predicted molar refractivity (Wildman–Crippen MR) is 97.6 cm³/mol. The molecule has 25 heavy (non-hydrogen) atoms. The number of anilines is 1. The second-order valence-corrected chi connectivity index (χ2v) is 6.19. The van der Waals surface area contributed by atoms with Crippen molar-refractivity contribution in [1.82, 2.24) is 5.32 Å². The third-order valence-electron chi connectivity index (χ3n) is 3.51. The minimum Gasteiger partial charge on any atom is -0.354 e. The van der Waals surface area contributed by atoms with Crippen LogP contribution in [0.3, 0.4) is 0 Å². The average molecular weight is 383 g/mol. The normalized spacial score (nSPS) is 10.4. The fourth-order valence-corrected chi connectivity index (χ4v) is 2.75. The summed E-state index contributed by atoms with van der Waals surface area (Å²) in [5, 5.41) is 3.34. The smallest absolute Gasteiger partial charge is 0.224 e.